The summed E-state index contributed by atoms with van der Waals surface area (Å²) in [6.45, 7) is 0. The third-order valence-electron chi connectivity index (χ3n) is 15.9. The van der Waals surface area contributed by atoms with Crippen LogP contribution in [0.2, 0.25) is 0 Å². The van der Waals surface area contributed by atoms with Crippen LogP contribution in [-0.2, 0) is 6.42 Å². The van der Waals surface area contributed by atoms with E-state index in [0.29, 0.717) is 11.8 Å². The number of nitrogens with zero attached hydrogens (tertiary/aromatic N) is 5. The quantitative estimate of drug-likeness (QED) is 0.149. The summed E-state index contributed by atoms with van der Waals surface area (Å²) >= 11 is 0. The Labute approximate surface area is 430 Å². The molecule has 9 aromatic carbocycles. The average Bonchev–Trinajstić information content (AvgIpc) is 4.02. The number of benzene rings is 9. The summed E-state index contributed by atoms with van der Waals surface area (Å²) in [4.78, 5) is 18.3. The van der Waals surface area contributed by atoms with Crippen molar-refractivity contribution in [2.75, 3.05) is 4.90 Å². The second kappa shape index (κ2) is 17.2. The minimum absolute atomic E-state index is 0.0480. The molecule has 3 atom stereocenters. The van der Waals surface area contributed by atoms with Crippen LogP contribution in [0.4, 0.5) is 11.4 Å². The van der Waals surface area contributed by atoms with Gasteiger partial charge in [0.05, 0.1) is 17.1 Å². The highest BCUT2D eigenvalue weighted by atomic mass is 15.2. The highest BCUT2D eigenvalue weighted by Crippen LogP contribution is 2.52. The average molecular weight is 948 g/mol. The van der Waals surface area contributed by atoms with Crippen LogP contribution in [0, 0.1) is 0 Å². The Balaban J connectivity index is 0.891. The second-order valence-corrected chi connectivity index (χ2v) is 20.1. The number of fused-ring (bicyclic) bond motifs is 12. The predicted octanol–water partition coefficient (Wildman–Crippen LogP) is 17.1. The molecular weight excluding hydrogens is 899 g/mol. The van der Waals surface area contributed by atoms with E-state index in [1.54, 1.807) is 0 Å². The summed E-state index contributed by atoms with van der Waals surface area (Å²) in [5.41, 5.74) is 16.9. The van der Waals surface area contributed by atoms with Crippen molar-refractivity contribution in [3.8, 4) is 39.6 Å². The van der Waals surface area contributed by atoms with E-state index >= 15 is 0 Å². The zero-order chi connectivity index (χ0) is 48.7. The number of aryl methyl sites for hydroxylation is 1. The van der Waals surface area contributed by atoms with E-state index in [-0.39, 0.29) is 17.9 Å². The van der Waals surface area contributed by atoms with Gasteiger partial charge in [-0.25, -0.2) is 4.98 Å². The van der Waals surface area contributed by atoms with Crippen molar-refractivity contribution >= 4 is 66.4 Å². The zero-order valence-electron chi connectivity index (χ0n) is 40.7. The van der Waals surface area contributed by atoms with Crippen molar-refractivity contribution in [2.45, 2.75) is 37.1 Å². The lowest BCUT2D eigenvalue weighted by atomic mass is 9.85. The van der Waals surface area contributed by atoms with E-state index < -0.39 is 0 Å². The molecule has 2 aromatic heterocycles. The van der Waals surface area contributed by atoms with Crippen LogP contribution < -0.4 is 4.90 Å². The molecule has 350 valence electrons. The van der Waals surface area contributed by atoms with Gasteiger partial charge in [0.2, 0.25) is 5.95 Å². The summed E-state index contributed by atoms with van der Waals surface area (Å²) in [5.74, 6) is 2.21. The molecule has 0 spiro atoms. The molecule has 4 aliphatic rings. The lowest BCUT2D eigenvalue weighted by Crippen LogP contribution is -2.29. The summed E-state index contributed by atoms with van der Waals surface area (Å²) in [6.07, 6.45) is 23.6. The second-order valence-electron chi connectivity index (χ2n) is 20.1. The van der Waals surface area contributed by atoms with Crippen molar-refractivity contribution in [3.05, 3.63) is 265 Å². The van der Waals surface area contributed by atoms with Crippen molar-refractivity contribution in [1.29, 1.82) is 0 Å². The molecular formula is C69H49N5. The third kappa shape index (κ3) is 6.95. The first-order valence-electron chi connectivity index (χ1n) is 26.0. The van der Waals surface area contributed by atoms with E-state index in [4.69, 9.17) is 15.0 Å². The number of allylic oxidation sites excluding steroid dienone is 7. The van der Waals surface area contributed by atoms with Crippen LogP contribution in [0.3, 0.4) is 0 Å². The minimum Gasteiger partial charge on any atom is -0.333 e. The fraction of sp³-hybridized carbons (Fsp3) is 0.0870. The fourth-order valence-corrected chi connectivity index (χ4v) is 12.4. The van der Waals surface area contributed by atoms with Crippen LogP contribution in [0.25, 0.3) is 94.6 Å². The van der Waals surface area contributed by atoms with Crippen LogP contribution in [-0.4, -0.2) is 25.6 Å². The van der Waals surface area contributed by atoms with E-state index in [0.717, 1.165) is 58.0 Å². The van der Waals surface area contributed by atoms with Gasteiger partial charge in [-0.2, -0.15) is 9.97 Å². The molecule has 0 N–H and O–H groups in total. The van der Waals surface area contributed by atoms with Gasteiger partial charge in [-0.05, 0) is 139 Å². The van der Waals surface area contributed by atoms with Crippen molar-refractivity contribution in [1.82, 2.24) is 19.5 Å². The van der Waals surface area contributed by atoms with Gasteiger partial charge in [0.1, 0.15) is 5.82 Å². The predicted molar refractivity (Wildman–Crippen MR) is 307 cm³/mol. The highest BCUT2D eigenvalue weighted by Gasteiger charge is 2.39. The van der Waals surface area contributed by atoms with Gasteiger partial charge in [-0.3, -0.25) is 4.57 Å². The Kier molecular flexibility index (Phi) is 9.90. The van der Waals surface area contributed by atoms with Gasteiger partial charge in [0.25, 0.3) is 0 Å². The molecule has 3 unspecified atom stereocenters. The van der Waals surface area contributed by atoms with Crippen LogP contribution >= 0.6 is 0 Å². The van der Waals surface area contributed by atoms with E-state index in [2.05, 4.69) is 234 Å². The zero-order valence-corrected chi connectivity index (χ0v) is 40.7. The van der Waals surface area contributed by atoms with Gasteiger partial charge in [0, 0.05) is 39.5 Å². The summed E-state index contributed by atoms with van der Waals surface area (Å²) in [7, 11) is 0. The summed E-state index contributed by atoms with van der Waals surface area (Å²) < 4.78 is 2.25. The van der Waals surface area contributed by atoms with Gasteiger partial charge in [-0.1, -0.05) is 194 Å². The Bertz CT molecular complexity index is 4230. The van der Waals surface area contributed by atoms with Crippen LogP contribution in [0.1, 0.15) is 52.8 Å². The third-order valence-corrected chi connectivity index (χ3v) is 15.9. The lowest BCUT2D eigenvalue weighted by molar-refractivity contribution is 0.747. The number of rotatable bonds is 7. The normalized spacial score (nSPS) is 17.5. The van der Waals surface area contributed by atoms with Gasteiger partial charge >= 0.3 is 0 Å². The maximum absolute atomic E-state index is 5.31. The summed E-state index contributed by atoms with van der Waals surface area (Å²) in [5, 5.41) is 7.64. The smallest absolute Gasteiger partial charge is 0.238 e. The Hall–Kier alpha value is -9.19. The van der Waals surface area contributed by atoms with Gasteiger partial charge < -0.3 is 4.90 Å². The molecule has 0 saturated heterocycles. The molecule has 0 fully saturated rings. The molecule has 5 heteroatoms. The molecule has 0 radical (unpaired) electrons. The number of hydrogen-bond acceptors (Lipinski definition) is 4. The number of anilines is 2. The van der Waals surface area contributed by atoms with Crippen molar-refractivity contribution < 1.29 is 0 Å². The molecule has 15 rings (SSSR count). The maximum atomic E-state index is 5.31. The first kappa shape index (κ1) is 42.5. The SMILES string of the molecule is C1=CCC(c2nc(-c3ccccc3)nc(-n3c4ccc(C5=CC6c7cc(-c8ccccc8)ccc7N(c7ccc8c(c7)c7c(c9ccccc98)CCC=C7)C6C=C5)cc4c4cc(-c5ccccc5)ccc43)n2)C=C1. The van der Waals surface area contributed by atoms with Crippen molar-refractivity contribution in [2.24, 2.45) is 0 Å². The number of aromatic nitrogens is 4. The van der Waals surface area contributed by atoms with Crippen molar-refractivity contribution in [3.63, 3.8) is 0 Å². The van der Waals surface area contributed by atoms with Gasteiger partial charge in [0.15, 0.2) is 5.82 Å². The molecule has 3 aliphatic carbocycles. The first-order chi connectivity index (χ1) is 36.7. The highest BCUT2D eigenvalue weighted by molar-refractivity contribution is 6.14. The topological polar surface area (TPSA) is 46.8 Å². The monoisotopic (exact) mass is 947 g/mol. The molecule has 0 bridgehead atoms. The minimum atomic E-state index is 0.0480. The Morgan fingerprint density at radius 2 is 1.15 bits per heavy atom. The standard InChI is InChI=1S/C69H49N5/c1-5-17-44(18-6-1)48-29-35-63-59(39-48)60-41-50(31-36-64(60)73(63)52-33-34-57-55-27-14-13-25-53(55)54-26-15-16-28-56(54)58(57)43-52)51-32-38-66-62(42-51)61-40-49(45-19-7-2-8-20-45)30-37-65(61)74(66)69-71-67(46-21-9-3-10-22-46)70-68(72-69)47-23-11-4-12-24-47/h1-14,16-23,25,27-43,47,60,64H,15,24,26H2. The lowest BCUT2D eigenvalue weighted by Gasteiger charge is -2.30. The maximum Gasteiger partial charge on any atom is 0.238 e. The summed E-state index contributed by atoms with van der Waals surface area (Å²) in [6, 6.07) is 68.9. The molecule has 5 nitrogen and oxygen atoms in total. The Morgan fingerprint density at radius 3 is 1.91 bits per heavy atom. The van der Waals surface area contributed by atoms with E-state index in [1.807, 2.05) is 18.2 Å². The van der Waals surface area contributed by atoms with E-state index in [9.17, 15) is 0 Å². The fourth-order valence-electron chi connectivity index (χ4n) is 12.4. The Morgan fingerprint density at radius 1 is 0.473 bits per heavy atom. The largest absolute Gasteiger partial charge is 0.333 e. The van der Waals surface area contributed by atoms with Crippen LogP contribution in [0.5, 0.6) is 0 Å². The molecule has 0 amide bonds. The molecule has 11 aromatic rings. The van der Waals surface area contributed by atoms with E-state index in [1.165, 1.54) is 77.4 Å². The number of hydrogen-bond donors (Lipinski definition) is 0. The van der Waals surface area contributed by atoms with Gasteiger partial charge in [-0.15, -0.1) is 0 Å². The molecule has 74 heavy (non-hydrogen) atoms. The molecule has 3 heterocycles. The molecule has 0 saturated carbocycles. The molecule has 1 aliphatic heterocycles. The first-order valence-corrected chi connectivity index (χ1v) is 26.0. The van der Waals surface area contributed by atoms with Crippen LogP contribution in [0.15, 0.2) is 237 Å².